The van der Waals surface area contributed by atoms with Crippen molar-refractivity contribution in [2.75, 3.05) is 19.7 Å². The van der Waals surface area contributed by atoms with E-state index in [2.05, 4.69) is 47.3 Å². The lowest BCUT2D eigenvalue weighted by Crippen LogP contribution is -2.31. The van der Waals surface area contributed by atoms with E-state index >= 15 is 0 Å². The van der Waals surface area contributed by atoms with Gasteiger partial charge < -0.3 is 15.4 Å². The van der Waals surface area contributed by atoms with Crippen molar-refractivity contribution in [1.29, 1.82) is 0 Å². The summed E-state index contributed by atoms with van der Waals surface area (Å²) in [4.78, 5) is 11.7. The van der Waals surface area contributed by atoms with Crippen LogP contribution < -0.4 is 15.4 Å². The Hall–Kier alpha value is -1.07. The normalized spacial score (nSPS) is 10.7. The summed E-state index contributed by atoms with van der Waals surface area (Å²) < 4.78 is 6.65. The first kappa shape index (κ1) is 18.0. The summed E-state index contributed by atoms with van der Waals surface area (Å²) in [6, 6.07) is 5.83. The predicted molar refractivity (Wildman–Crippen MR) is 89.5 cm³/mol. The number of hydrogen-bond donors (Lipinski definition) is 2. The largest absolute Gasteiger partial charge is 0.483 e. The van der Waals surface area contributed by atoms with Gasteiger partial charge in [-0.3, -0.25) is 4.79 Å². The average molecular weight is 357 g/mol. The lowest BCUT2D eigenvalue weighted by Gasteiger charge is -2.13. The molecule has 118 valence electrons. The third-order valence-electron chi connectivity index (χ3n) is 2.83. The van der Waals surface area contributed by atoms with Crippen LogP contribution in [0.4, 0.5) is 0 Å². The van der Waals surface area contributed by atoms with E-state index in [-0.39, 0.29) is 12.5 Å². The Labute approximate surface area is 135 Å². The quantitative estimate of drug-likeness (QED) is 0.668. The van der Waals surface area contributed by atoms with E-state index in [1.54, 1.807) is 0 Å². The summed E-state index contributed by atoms with van der Waals surface area (Å²) in [7, 11) is 0. The highest BCUT2D eigenvalue weighted by Crippen LogP contribution is 2.23. The highest BCUT2D eigenvalue weighted by Gasteiger charge is 2.08. The van der Waals surface area contributed by atoms with Gasteiger partial charge in [-0.15, -0.1) is 0 Å². The van der Waals surface area contributed by atoms with Gasteiger partial charge in [-0.25, -0.2) is 0 Å². The summed E-state index contributed by atoms with van der Waals surface area (Å²) in [6.07, 6.45) is 1.09. The van der Waals surface area contributed by atoms with E-state index in [1.807, 2.05) is 18.2 Å². The molecule has 0 saturated heterocycles. The molecule has 0 spiro atoms. The molecule has 0 aliphatic heterocycles. The zero-order valence-electron chi connectivity index (χ0n) is 13.0. The van der Waals surface area contributed by atoms with Crippen molar-refractivity contribution in [2.45, 2.75) is 33.7 Å². The molecule has 0 unspecified atom stereocenters. The van der Waals surface area contributed by atoms with E-state index in [0.717, 1.165) is 35.3 Å². The molecule has 21 heavy (non-hydrogen) atoms. The Balaban J connectivity index is 2.54. The number of benzene rings is 1. The highest BCUT2D eigenvalue weighted by molar-refractivity contribution is 9.10. The number of nitrogens with one attached hydrogen (secondary N) is 2. The first-order valence-electron chi connectivity index (χ1n) is 7.41. The van der Waals surface area contributed by atoms with Gasteiger partial charge in [0.15, 0.2) is 6.61 Å². The fraction of sp³-hybridized carbons (Fsp3) is 0.562. The molecular weight excluding hydrogens is 332 g/mol. The maximum Gasteiger partial charge on any atom is 0.257 e. The highest BCUT2D eigenvalue weighted by atomic mass is 79.9. The molecule has 0 atom stereocenters. The van der Waals surface area contributed by atoms with Crippen LogP contribution >= 0.6 is 15.9 Å². The van der Waals surface area contributed by atoms with Gasteiger partial charge in [0.2, 0.25) is 0 Å². The molecule has 5 heteroatoms. The molecule has 4 nitrogen and oxygen atoms in total. The molecule has 0 saturated carbocycles. The Morgan fingerprint density at radius 1 is 1.38 bits per heavy atom. The Bertz CT molecular complexity index is 450. The van der Waals surface area contributed by atoms with Gasteiger partial charge in [-0.2, -0.15) is 0 Å². The lowest BCUT2D eigenvalue weighted by molar-refractivity contribution is -0.123. The van der Waals surface area contributed by atoms with Crippen molar-refractivity contribution in [3.8, 4) is 5.75 Å². The summed E-state index contributed by atoms with van der Waals surface area (Å²) >= 11 is 3.46. The van der Waals surface area contributed by atoms with Crippen LogP contribution in [0, 0.1) is 5.92 Å². The van der Waals surface area contributed by atoms with Crippen molar-refractivity contribution in [3.05, 3.63) is 28.2 Å². The number of rotatable bonds is 9. The first-order chi connectivity index (χ1) is 10.0. The van der Waals surface area contributed by atoms with Gasteiger partial charge in [0.1, 0.15) is 5.75 Å². The molecule has 0 aliphatic rings. The second-order valence-electron chi connectivity index (χ2n) is 5.42. The van der Waals surface area contributed by atoms with Crippen LogP contribution in [-0.4, -0.2) is 25.6 Å². The van der Waals surface area contributed by atoms with E-state index in [4.69, 9.17) is 4.74 Å². The molecular formula is C16H25BrN2O2. The van der Waals surface area contributed by atoms with E-state index in [1.165, 1.54) is 0 Å². The van der Waals surface area contributed by atoms with Crippen molar-refractivity contribution in [3.63, 3.8) is 0 Å². The smallest absolute Gasteiger partial charge is 0.257 e. The molecule has 2 N–H and O–H groups in total. The number of ether oxygens (including phenoxy) is 1. The van der Waals surface area contributed by atoms with Gasteiger partial charge in [0.05, 0.1) is 0 Å². The standard InChI is InChI=1S/C16H25BrN2O2/c1-4-7-18-10-13-8-14(17)5-6-15(13)21-11-16(20)19-9-12(2)3/h5-6,8,12,18H,4,7,9-11H2,1-3H3,(H,19,20). The summed E-state index contributed by atoms with van der Waals surface area (Å²) in [5, 5.41) is 6.19. The molecule has 0 bridgehead atoms. The number of amides is 1. The van der Waals surface area contributed by atoms with Crippen LogP contribution in [0.5, 0.6) is 5.75 Å². The zero-order chi connectivity index (χ0) is 15.7. The van der Waals surface area contributed by atoms with E-state index in [9.17, 15) is 4.79 Å². The number of carbonyl (C=O) groups is 1. The summed E-state index contributed by atoms with van der Waals surface area (Å²) in [6.45, 7) is 8.67. The molecule has 0 aliphatic carbocycles. The molecule has 0 aromatic heterocycles. The van der Waals surface area contributed by atoms with E-state index < -0.39 is 0 Å². The molecule has 1 amide bonds. The fourth-order valence-electron chi connectivity index (χ4n) is 1.74. The lowest BCUT2D eigenvalue weighted by atomic mass is 10.2. The maximum absolute atomic E-state index is 11.7. The average Bonchev–Trinajstić information content (AvgIpc) is 2.44. The minimum absolute atomic E-state index is 0.0507. The zero-order valence-corrected chi connectivity index (χ0v) is 14.6. The van der Waals surface area contributed by atoms with Gasteiger partial charge >= 0.3 is 0 Å². The van der Waals surface area contributed by atoms with Crippen molar-refractivity contribution in [2.24, 2.45) is 5.92 Å². The van der Waals surface area contributed by atoms with Gasteiger partial charge in [-0.1, -0.05) is 36.7 Å². The molecule has 0 heterocycles. The minimum atomic E-state index is -0.0842. The monoisotopic (exact) mass is 356 g/mol. The second kappa shape index (κ2) is 9.79. The van der Waals surface area contributed by atoms with Crippen LogP contribution in [0.15, 0.2) is 22.7 Å². The Kier molecular flexibility index (Phi) is 8.38. The Morgan fingerprint density at radius 2 is 2.14 bits per heavy atom. The van der Waals surface area contributed by atoms with E-state index in [0.29, 0.717) is 12.5 Å². The van der Waals surface area contributed by atoms with Gasteiger partial charge in [-0.05, 0) is 37.1 Å². The molecule has 1 aromatic rings. The van der Waals surface area contributed by atoms with Crippen molar-refractivity contribution >= 4 is 21.8 Å². The van der Waals surface area contributed by atoms with Crippen molar-refractivity contribution in [1.82, 2.24) is 10.6 Å². The summed E-state index contributed by atoms with van der Waals surface area (Å²) in [5.41, 5.74) is 1.05. The number of hydrogen-bond acceptors (Lipinski definition) is 3. The van der Waals surface area contributed by atoms with Crippen molar-refractivity contribution < 1.29 is 9.53 Å². The van der Waals surface area contributed by atoms with Crippen LogP contribution in [0.3, 0.4) is 0 Å². The fourth-order valence-corrected chi connectivity index (χ4v) is 2.15. The summed E-state index contributed by atoms with van der Waals surface area (Å²) in [5.74, 6) is 1.11. The van der Waals surface area contributed by atoms with Crippen LogP contribution in [0.1, 0.15) is 32.8 Å². The number of carbonyl (C=O) groups excluding carboxylic acids is 1. The van der Waals surface area contributed by atoms with Gasteiger partial charge in [0, 0.05) is 23.1 Å². The Morgan fingerprint density at radius 3 is 2.81 bits per heavy atom. The predicted octanol–water partition coefficient (Wildman–Crippen LogP) is 3.10. The third-order valence-corrected chi connectivity index (χ3v) is 3.32. The minimum Gasteiger partial charge on any atom is -0.483 e. The van der Waals surface area contributed by atoms with Gasteiger partial charge in [0.25, 0.3) is 5.91 Å². The van der Waals surface area contributed by atoms with Crippen LogP contribution in [0.2, 0.25) is 0 Å². The molecule has 0 radical (unpaired) electrons. The maximum atomic E-state index is 11.7. The third kappa shape index (κ3) is 7.48. The molecule has 1 rings (SSSR count). The first-order valence-corrected chi connectivity index (χ1v) is 8.20. The topological polar surface area (TPSA) is 50.4 Å². The molecule has 0 fully saturated rings. The number of halogens is 1. The van der Waals surface area contributed by atoms with Crippen LogP contribution in [0.25, 0.3) is 0 Å². The SMILES string of the molecule is CCCNCc1cc(Br)ccc1OCC(=O)NCC(C)C. The molecule has 1 aromatic carbocycles. The van der Waals surface area contributed by atoms with Crippen LogP contribution in [-0.2, 0) is 11.3 Å². The second-order valence-corrected chi connectivity index (χ2v) is 6.33.